The van der Waals surface area contributed by atoms with Gasteiger partial charge in [0, 0.05) is 44.6 Å². The molecule has 0 saturated carbocycles. The van der Waals surface area contributed by atoms with Crippen LogP contribution in [0.15, 0.2) is 288 Å². The summed E-state index contributed by atoms with van der Waals surface area (Å²) in [7, 11) is 0. The molecule has 81 heavy (non-hydrogen) atoms. The maximum absolute atomic E-state index is 6.39. The van der Waals surface area contributed by atoms with Crippen LogP contribution in [0.1, 0.15) is 22.3 Å². The number of anilines is 3. The summed E-state index contributed by atoms with van der Waals surface area (Å²) in [6, 6.07) is 101. The lowest BCUT2D eigenvalue weighted by Crippen LogP contribution is -2.26. The summed E-state index contributed by atoms with van der Waals surface area (Å²) in [5.41, 5.74) is 25.5. The molecule has 6 heteroatoms. The van der Waals surface area contributed by atoms with E-state index in [4.69, 9.17) is 18.8 Å². The Morgan fingerprint density at radius 1 is 0.309 bits per heavy atom. The monoisotopic (exact) mass is 1030 g/mol. The molecule has 17 rings (SSSR count). The molecular weight excluding hydrogens is 989 g/mol. The Labute approximate surface area is 466 Å². The van der Waals surface area contributed by atoms with Crippen LogP contribution in [-0.4, -0.2) is 14.5 Å². The van der Waals surface area contributed by atoms with Gasteiger partial charge in [-0.1, -0.05) is 164 Å². The van der Waals surface area contributed by atoms with Crippen molar-refractivity contribution < 1.29 is 8.83 Å². The smallest absolute Gasteiger partial charge is 0.227 e. The molecule has 0 amide bonds. The number of rotatable bonds is 8. The van der Waals surface area contributed by atoms with E-state index in [1.54, 1.807) is 0 Å². The molecule has 12 aromatic carbocycles. The van der Waals surface area contributed by atoms with Crippen LogP contribution in [0, 0.1) is 0 Å². The summed E-state index contributed by atoms with van der Waals surface area (Å²) < 4.78 is 15.1. The van der Waals surface area contributed by atoms with E-state index in [2.05, 4.69) is 240 Å². The van der Waals surface area contributed by atoms with Gasteiger partial charge in [-0.25, -0.2) is 9.97 Å². The van der Waals surface area contributed by atoms with Gasteiger partial charge in [0.25, 0.3) is 0 Å². The van der Waals surface area contributed by atoms with E-state index in [1.165, 1.54) is 55.6 Å². The third-order valence-corrected chi connectivity index (χ3v) is 16.9. The first-order chi connectivity index (χ1) is 40.1. The molecular formula is C75H46N4O2. The maximum Gasteiger partial charge on any atom is 0.227 e. The van der Waals surface area contributed by atoms with Gasteiger partial charge < -0.3 is 18.3 Å². The molecule has 3 aromatic heterocycles. The second kappa shape index (κ2) is 17.6. The fraction of sp³-hybridized carbons (Fsp3) is 0.0133. The normalized spacial score (nSPS) is 12.8. The van der Waals surface area contributed by atoms with Crippen LogP contribution < -0.4 is 4.90 Å². The standard InChI is InChI=1S/C75H46N4O2/c1-3-15-47(16-4-1)49-27-33-53(34-28-49)78(54-35-29-50(30-36-54)73-76-67-23-11-13-25-71(67)80-73)55-37-39-59-60-40-38-56(46-66(60)75(65(59)45-55)63-21-9-7-19-57(63)58-20-8-10-22-64(58)75)79-69-41-31-51(48-17-5-2-6-18-48)43-61(69)62-44-52(32-42-70(62)79)74-77-68-24-12-14-26-72(68)81-74/h1-46H. The van der Waals surface area contributed by atoms with Crippen molar-refractivity contribution in [1.82, 2.24) is 14.5 Å². The van der Waals surface area contributed by atoms with E-state index in [1.807, 2.05) is 48.5 Å². The SMILES string of the molecule is c1ccc(-c2ccc(N(c3ccc(-c4nc5ccccc5o4)cc3)c3ccc4c(c3)C3(c5ccccc5-c5ccccc53)c3cc(-n5c6ccc(-c7ccccc7)cc6c6cc(-c7nc8ccccc8o7)ccc65)ccc3-4)cc2)cc1. The molecule has 0 atom stereocenters. The third-order valence-electron chi connectivity index (χ3n) is 16.9. The van der Waals surface area contributed by atoms with Gasteiger partial charge in [-0.05, 0) is 182 Å². The first-order valence-electron chi connectivity index (χ1n) is 27.5. The zero-order valence-electron chi connectivity index (χ0n) is 43.7. The van der Waals surface area contributed by atoms with Gasteiger partial charge in [0.15, 0.2) is 11.2 Å². The molecule has 378 valence electrons. The molecule has 6 nitrogen and oxygen atoms in total. The minimum atomic E-state index is -0.650. The highest BCUT2D eigenvalue weighted by Gasteiger charge is 2.52. The summed E-state index contributed by atoms with van der Waals surface area (Å²) in [6.07, 6.45) is 0. The first kappa shape index (κ1) is 45.2. The van der Waals surface area contributed by atoms with Crippen molar-refractivity contribution in [1.29, 1.82) is 0 Å². The Morgan fingerprint density at radius 3 is 1.35 bits per heavy atom. The van der Waals surface area contributed by atoms with E-state index in [-0.39, 0.29) is 0 Å². The van der Waals surface area contributed by atoms with Crippen LogP contribution in [0.5, 0.6) is 0 Å². The Kier molecular flexibility index (Phi) is 9.83. The number of hydrogen-bond acceptors (Lipinski definition) is 5. The van der Waals surface area contributed by atoms with E-state index in [0.29, 0.717) is 11.8 Å². The van der Waals surface area contributed by atoms with Crippen LogP contribution in [0.25, 0.3) is 117 Å². The van der Waals surface area contributed by atoms with Crippen LogP contribution in [-0.2, 0) is 5.41 Å². The van der Waals surface area contributed by atoms with E-state index in [9.17, 15) is 0 Å². The predicted octanol–water partition coefficient (Wildman–Crippen LogP) is 19.5. The number of hydrogen-bond donors (Lipinski definition) is 0. The topological polar surface area (TPSA) is 60.2 Å². The van der Waals surface area contributed by atoms with Crippen molar-refractivity contribution >= 4 is 61.1 Å². The Morgan fingerprint density at radius 2 is 0.741 bits per heavy atom. The fourth-order valence-corrected chi connectivity index (χ4v) is 13.3. The number of nitrogens with zero attached hydrogens (tertiary/aromatic N) is 4. The summed E-state index contributed by atoms with van der Waals surface area (Å²) in [5, 5.41) is 2.28. The zero-order chi connectivity index (χ0) is 53.2. The van der Waals surface area contributed by atoms with Crippen LogP contribution in [0.2, 0.25) is 0 Å². The highest BCUT2D eigenvalue weighted by Crippen LogP contribution is 2.64. The molecule has 0 unspecified atom stereocenters. The molecule has 0 fully saturated rings. The predicted molar refractivity (Wildman–Crippen MR) is 329 cm³/mol. The molecule has 0 aliphatic heterocycles. The fourth-order valence-electron chi connectivity index (χ4n) is 13.3. The van der Waals surface area contributed by atoms with E-state index < -0.39 is 5.41 Å². The molecule has 3 heterocycles. The number of fused-ring (bicyclic) bond motifs is 15. The van der Waals surface area contributed by atoms with Crippen molar-refractivity contribution in [2.75, 3.05) is 4.90 Å². The summed E-state index contributed by atoms with van der Waals surface area (Å²) >= 11 is 0. The largest absolute Gasteiger partial charge is 0.436 e. The molecule has 2 aliphatic carbocycles. The van der Waals surface area contributed by atoms with Gasteiger partial charge in [-0.3, -0.25) is 0 Å². The number of oxazole rings is 2. The summed E-state index contributed by atoms with van der Waals surface area (Å²) in [4.78, 5) is 12.2. The van der Waals surface area contributed by atoms with Crippen molar-refractivity contribution in [3.05, 3.63) is 301 Å². The maximum atomic E-state index is 6.39. The van der Waals surface area contributed by atoms with Gasteiger partial charge in [-0.15, -0.1) is 0 Å². The van der Waals surface area contributed by atoms with Gasteiger partial charge in [-0.2, -0.15) is 0 Å². The van der Waals surface area contributed by atoms with Crippen molar-refractivity contribution in [3.8, 4) is 73.1 Å². The van der Waals surface area contributed by atoms with Gasteiger partial charge in [0.05, 0.1) is 16.4 Å². The Balaban J connectivity index is 0.866. The lowest BCUT2D eigenvalue weighted by Gasteiger charge is -2.32. The molecule has 0 N–H and O–H groups in total. The molecule has 0 saturated heterocycles. The Hall–Kier alpha value is -10.8. The van der Waals surface area contributed by atoms with Gasteiger partial charge in [0.2, 0.25) is 11.8 Å². The number of aromatic nitrogens is 3. The van der Waals surface area contributed by atoms with Crippen LogP contribution >= 0.6 is 0 Å². The average Bonchev–Trinajstić information content (AvgIpc) is 4.37. The minimum Gasteiger partial charge on any atom is -0.436 e. The second-order valence-corrected chi connectivity index (χ2v) is 21.2. The molecule has 0 bridgehead atoms. The van der Waals surface area contributed by atoms with Crippen molar-refractivity contribution in [2.45, 2.75) is 5.41 Å². The van der Waals surface area contributed by atoms with Crippen LogP contribution in [0.4, 0.5) is 17.1 Å². The zero-order valence-corrected chi connectivity index (χ0v) is 43.7. The lowest BCUT2D eigenvalue weighted by molar-refractivity contribution is 0.619. The van der Waals surface area contributed by atoms with E-state index in [0.717, 1.165) is 89.0 Å². The highest BCUT2D eigenvalue weighted by molar-refractivity contribution is 6.12. The second-order valence-electron chi connectivity index (χ2n) is 21.2. The third kappa shape index (κ3) is 6.87. The first-order valence-corrected chi connectivity index (χ1v) is 27.5. The summed E-state index contributed by atoms with van der Waals surface area (Å²) in [5.74, 6) is 1.20. The van der Waals surface area contributed by atoms with E-state index >= 15 is 0 Å². The number of para-hydroxylation sites is 4. The lowest BCUT2D eigenvalue weighted by atomic mass is 9.70. The van der Waals surface area contributed by atoms with Crippen molar-refractivity contribution in [3.63, 3.8) is 0 Å². The molecule has 0 radical (unpaired) electrons. The van der Waals surface area contributed by atoms with Gasteiger partial charge in [0.1, 0.15) is 11.0 Å². The van der Waals surface area contributed by atoms with Crippen LogP contribution in [0.3, 0.4) is 0 Å². The molecule has 1 spiro atoms. The average molecular weight is 1040 g/mol. The highest BCUT2D eigenvalue weighted by atomic mass is 16.4. The van der Waals surface area contributed by atoms with Gasteiger partial charge >= 0.3 is 0 Å². The summed E-state index contributed by atoms with van der Waals surface area (Å²) in [6.45, 7) is 0. The Bertz CT molecular complexity index is 4880. The molecule has 15 aromatic rings. The quantitative estimate of drug-likeness (QED) is 0.152. The minimum absolute atomic E-state index is 0.597. The van der Waals surface area contributed by atoms with Crippen molar-refractivity contribution in [2.24, 2.45) is 0 Å². The number of benzene rings is 12. The molecule has 2 aliphatic rings.